The number of hydrogen-bond donors (Lipinski definition) is 1. The van der Waals surface area contributed by atoms with Gasteiger partial charge in [-0.15, -0.1) is 11.3 Å². The minimum absolute atomic E-state index is 0.575. The van der Waals surface area contributed by atoms with Crippen LogP contribution in [-0.2, 0) is 6.54 Å². The summed E-state index contributed by atoms with van der Waals surface area (Å²) in [6.45, 7) is 11.1. The van der Waals surface area contributed by atoms with Crippen molar-refractivity contribution in [2.75, 3.05) is 24.5 Å². The van der Waals surface area contributed by atoms with Gasteiger partial charge in [-0.2, -0.15) is 0 Å². The van der Waals surface area contributed by atoms with Crippen LogP contribution in [0.2, 0.25) is 0 Å². The van der Waals surface area contributed by atoms with Crippen molar-refractivity contribution >= 4 is 16.5 Å². The van der Waals surface area contributed by atoms with Crippen LogP contribution < -0.4 is 10.2 Å². The first-order valence-electron chi connectivity index (χ1n) is 7.21. The highest BCUT2D eigenvalue weighted by Gasteiger charge is 2.21. The maximum Gasteiger partial charge on any atom is 0.185 e. The molecule has 4 heteroatoms. The number of hydrogen-bond acceptors (Lipinski definition) is 4. The van der Waals surface area contributed by atoms with Crippen LogP contribution >= 0.6 is 11.3 Å². The molecular weight excluding hydrogens is 242 g/mol. The van der Waals surface area contributed by atoms with Gasteiger partial charge in [-0.05, 0) is 31.7 Å². The minimum atomic E-state index is 0.575. The number of nitrogens with one attached hydrogen (secondary N) is 1. The van der Waals surface area contributed by atoms with Crippen LogP contribution in [0.4, 0.5) is 5.13 Å². The molecule has 0 radical (unpaired) electrons. The zero-order valence-electron chi connectivity index (χ0n) is 11.8. The van der Waals surface area contributed by atoms with Crippen LogP contribution in [-0.4, -0.2) is 24.6 Å². The summed E-state index contributed by atoms with van der Waals surface area (Å²) in [6, 6.07) is 0. The molecule has 102 valence electrons. The number of rotatable bonds is 6. The summed E-state index contributed by atoms with van der Waals surface area (Å²) in [5.74, 6) is 0.575. The summed E-state index contributed by atoms with van der Waals surface area (Å²) in [7, 11) is 0. The number of anilines is 1. The van der Waals surface area contributed by atoms with Gasteiger partial charge in [-0.25, -0.2) is 4.98 Å². The van der Waals surface area contributed by atoms with Crippen molar-refractivity contribution in [3.63, 3.8) is 0 Å². The summed E-state index contributed by atoms with van der Waals surface area (Å²) >= 11 is 1.89. The summed E-state index contributed by atoms with van der Waals surface area (Å²) < 4.78 is 0. The fourth-order valence-electron chi connectivity index (χ4n) is 2.34. The van der Waals surface area contributed by atoms with Gasteiger partial charge in [-0.3, -0.25) is 0 Å². The van der Waals surface area contributed by atoms with E-state index in [-0.39, 0.29) is 0 Å². The third-order valence-electron chi connectivity index (χ3n) is 3.71. The maximum atomic E-state index is 4.92. The monoisotopic (exact) mass is 267 g/mol. The second-order valence-electron chi connectivity index (χ2n) is 5.09. The van der Waals surface area contributed by atoms with E-state index in [9.17, 15) is 0 Å². The topological polar surface area (TPSA) is 28.2 Å². The van der Waals surface area contributed by atoms with Crippen LogP contribution in [0.25, 0.3) is 0 Å². The van der Waals surface area contributed by atoms with Gasteiger partial charge in [0.1, 0.15) is 0 Å². The smallest absolute Gasteiger partial charge is 0.185 e. The predicted molar refractivity (Wildman–Crippen MR) is 79.6 cm³/mol. The van der Waals surface area contributed by atoms with Crippen LogP contribution in [0.3, 0.4) is 0 Å². The Kier molecular flexibility index (Phi) is 5.01. The fraction of sp³-hybridized carbons (Fsp3) is 0.786. The van der Waals surface area contributed by atoms with Crippen molar-refractivity contribution in [1.82, 2.24) is 10.3 Å². The van der Waals surface area contributed by atoms with Crippen molar-refractivity contribution in [1.29, 1.82) is 0 Å². The molecule has 0 spiro atoms. The van der Waals surface area contributed by atoms with Gasteiger partial charge in [0.2, 0.25) is 0 Å². The molecule has 2 rings (SSSR count). The van der Waals surface area contributed by atoms with E-state index >= 15 is 0 Å². The standard InChI is InChI=1S/C14H25N3S/c1-4-11(3)13-12(10-15-5-2)18-14(16-13)17-8-6-7-9-17/h11,15H,4-10H2,1-3H3. The van der Waals surface area contributed by atoms with Crippen LogP contribution in [0.1, 0.15) is 56.5 Å². The molecule has 0 amide bonds. The van der Waals surface area contributed by atoms with E-state index in [0.29, 0.717) is 5.92 Å². The molecule has 0 aromatic carbocycles. The maximum absolute atomic E-state index is 4.92. The van der Waals surface area contributed by atoms with Gasteiger partial charge in [-0.1, -0.05) is 20.8 Å². The van der Waals surface area contributed by atoms with Crippen LogP contribution in [0.15, 0.2) is 0 Å². The Labute approximate surface area is 115 Å². The number of aromatic nitrogens is 1. The second kappa shape index (κ2) is 6.53. The van der Waals surface area contributed by atoms with Gasteiger partial charge in [0.15, 0.2) is 5.13 Å². The fourth-order valence-corrected chi connectivity index (χ4v) is 3.54. The molecule has 1 unspecified atom stereocenters. The van der Waals surface area contributed by atoms with E-state index < -0.39 is 0 Å². The van der Waals surface area contributed by atoms with Crippen molar-refractivity contribution in [3.8, 4) is 0 Å². The second-order valence-corrected chi connectivity index (χ2v) is 6.15. The Morgan fingerprint density at radius 2 is 2.06 bits per heavy atom. The predicted octanol–water partition coefficient (Wildman–Crippen LogP) is 3.37. The van der Waals surface area contributed by atoms with Crippen molar-refractivity contribution in [2.45, 2.75) is 52.5 Å². The molecule has 1 saturated heterocycles. The lowest BCUT2D eigenvalue weighted by atomic mass is 10.0. The lowest BCUT2D eigenvalue weighted by Crippen LogP contribution is -2.17. The highest BCUT2D eigenvalue weighted by Crippen LogP contribution is 2.33. The van der Waals surface area contributed by atoms with Crippen molar-refractivity contribution in [2.24, 2.45) is 0 Å². The molecule has 0 saturated carbocycles. The molecule has 1 aliphatic rings. The zero-order chi connectivity index (χ0) is 13.0. The van der Waals surface area contributed by atoms with Crippen molar-refractivity contribution < 1.29 is 0 Å². The SMILES string of the molecule is CCNCc1sc(N2CCCC2)nc1C(C)CC. The molecule has 2 heterocycles. The van der Waals surface area contributed by atoms with E-state index in [0.717, 1.165) is 13.1 Å². The van der Waals surface area contributed by atoms with E-state index in [1.807, 2.05) is 11.3 Å². The summed E-state index contributed by atoms with van der Waals surface area (Å²) in [5.41, 5.74) is 1.32. The normalized spacial score (nSPS) is 17.4. The third-order valence-corrected chi connectivity index (χ3v) is 4.84. The van der Waals surface area contributed by atoms with Crippen LogP contribution in [0.5, 0.6) is 0 Å². The number of thiazole rings is 1. The first-order chi connectivity index (χ1) is 8.76. The molecule has 3 nitrogen and oxygen atoms in total. The molecule has 1 aromatic rings. The highest BCUT2D eigenvalue weighted by molar-refractivity contribution is 7.15. The quantitative estimate of drug-likeness (QED) is 0.856. The first kappa shape index (κ1) is 13.8. The average Bonchev–Trinajstić information content (AvgIpc) is 3.03. The van der Waals surface area contributed by atoms with Crippen molar-refractivity contribution in [3.05, 3.63) is 10.6 Å². The largest absolute Gasteiger partial charge is 0.348 e. The van der Waals surface area contributed by atoms with Gasteiger partial charge >= 0.3 is 0 Å². The Morgan fingerprint density at radius 3 is 2.67 bits per heavy atom. The van der Waals surface area contributed by atoms with Gasteiger partial charge in [0, 0.05) is 24.5 Å². The molecule has 0 aliphatic carbocycles. The lowest BCUT2D eigenvalue weighted by Gasteiger charge is -2.12. The van der Waals surface area contributed by atoms with Crippen LogP contribution in [0, 0.1) is 0 Å². The van der Waals surface area contributed by atoms with E-state index in [2.05, 4.69) is 31.0 Å². The Hall–Kier alpha value is -0.610. The van der Waals surface area contributed by atoms with E-state index in [1.165, 1.54) is 48.1 Å². The highest BCUT2D eigenvalue weighted by atomic mass is 32.1. The third kappa shape index (κ3) is 3.04. The molecular formula is C14H25N3S. The summed E-state index contributed by atoms with van der Waals surface area (Å²) in [5, 5.41) is 4.69. The molecule has 1 aromatic heterocycles. The van der Waals surface area contributed by atoms with Gasteiger partial charge in [0.25, 0.3) is 0 Å². The lowest BCUT2D eigenvalue weighted by molar-refractivity contribution is 0.677. The Balaban J connectivity index is 2.18. The molecule has 0 bridgehead atoms. The van der Waals surface area contributed by atoms with Gasteiger partial charge in [0.05, 0.1) is 5.69 Å². The Morgan fingerprint density at radius 1 is 1.33 bits per heavy atom. The first-order valence-corrected chi connectivity index (χ1v) is 8.03. The zero-order valence-corrected chi connectivity index (χ0v) is 12.6. The summed E-state index contributed by atoms with van der Waals surface area (Å²) in [4.78, 5) is 8.81. The van der Waals surface area contributed by atoms with E-state index in [1.54, 1.807) is 0 Å². The molecule has 18 heavy (non-hydrogen) atoms. The minimum Gasteiger partial charge on any atom is -0.348 e. The number of nitrogens with zero attached hydrogens (tertiary/aromatic N) is 2. The van der Waals surface area contributed by atoms with Gasteiger partial charge < -0.3 is 10.2 Å². The average molecular weight is 267 g/mol. The molecule has 1 atom stereocenters. The molecule has 1 N–H and O–H groups in total. The molecule has 1 aliphatic heterocycles. The Bertz CT molecular complexity index is 369. The molecule has 1 fully saturated rings. The summed E-state index contributed by atoms with van der Waals surface area (Å²) in [6.07, 6.45) is 3.81. The van der Waals surface area contributed by atoms with E-state index in [4.69, 9.17) is 4.98 Å².